The molecule has 0 amide bonds. The summed E-state index contributed by atoms with van der Waals surface area (Å²) in [5, 5.41) is 4.11. The lowest BCUT2D eigenvalue weighted by molar-refractivity contribution is 0.300. The van der Waals surface area contributed by atoms with Crippen molar-refractivity contribution in [1.29, 1.82) is 0 Å². The van der Waals surface area contributed by atoms with Crippen LogP contribution in [0, 0.1) is 0 Å². The van der Waals surface area contributed by atoms with E-state index in [-0.39, 0.29) is 0 Å². The maximum Gasteiger partial charge on any atom is 0.126 e. The first-order valence-corrected chi connectivity index (χ1v) is 6.20. The van der Waals surface area contributed by atoms with Crippen LogP contribution in [0.5, 0.6) is 11.5 Å². The van der Waals surface area contributed by atoms with Gasteiger partial charge in [-0.3, -0.25) is 4.68 Å². The van der Waals surface area contributed by atoms with Gasteiger partial charge in [-0.1, -0.05) is 6.07 Å². The molecular formula is C14H19N3O2. The number of rotatable bonds is 6. The SMILES string of the molecule is COc1ccc(CCN)c(OCc2cnn(C)c2)c1. The molecule has 0 saturated heterocycles. The maximum atomic E-state index is 5.84. The number of aryl methyl sites for hydroxylation is 1. The molecule has 0 radical (unpaired) electrons. The number of hydrogen-bond donors (Lipinski definition) is 1. The second-order valence-electron chi connectivity index (χ2n) is 4.32. The van der Waals surface area contributed by atoms with E-state index in [1.807, 2.05) is 31.4 Å². The summed E-state index contributed by atoms with van der Waals surface area (Å²) in [5.74, 6) is 1.59. The monoisotopic (exact) mass is 261 g/mol. The smallest absolute Gasteiger partial charge is 0.126 e. The number of nitrogens with zero attached hydrogens (tertiary/aromatic N) is 2. The van der Waals surface area contributed by atoms with Crippen molar-refractivity contribution in [2.24, 2.45) is 12.8 Å². The van der Waals surface area contributed by atoms with Crippen molar-refractivity contribution in [2.45, 2.75) is 13.0 Å². The first kappa shape index (κ1) is 13.4. The van der Waals surface area contributed by atoms with E-state index in [4.69, 9.17) is 15.2 Å². The summed E-state index contributed by atoms with van der Waals surface area (Å²) in [6.07, 6.45) is 4.51. The van der Waals surface area contributed by atoms with Gasteiger partial charge in [0, 0.05) is 24.9 Å². The molecule has 5 heteroatoms. The van der Waals surface area contributed by atoms with E-state index < -0.39 is 0 Å². The van der Waals surface area contributed by atoms with Gasteiger partial charge in [0.15, 0.2) is 0 Å². The Balaban J connectivity index is 2.12. The van der Waals surface area contributed by atoms with Crippen molar-refractivity contribution in [2.75, 3.05) is 13.7 Å². The summed E-state index contributed by atoms with van der Waals surface area (Å²) in [6.45, 7) is 1.08. The molecule has 0 fully saturated rings. The molecule has 0 aliphatic carbocycles. The minimum Gasteiger partial charge on any atom is -0.497 e. The Morgan fingerprint density at radius 1 is 1.37 bits per heavy atom. The molecule has 19 heavy (non-hydrogen) atoms. The zero-order chi connectivity index (χ0) is 13.7. The number of ether oxygens (including phenoxy) is 2. The number of aromatic nitrogens is 2. The van der Waals surface area contributed by atoms with Crippen molar-refractivity contribution in [3.05, 3.63) is 41.7 Å². The van der Waals surface area contributed by atoms with Crippen molar-refractivity contribution in [3.8, 4) is 11.5 Å². The Bertz CT molecular complexity index is 537. The summed E-state index contributed by atoms with van der Waals surface area (Å²) in [5.41, 5.74) is 7.73. The molecule has 0 spiro atoms. The van der Waals surface area contributed by atoms with Crippen LogP contribution < -0.4 is 15.2 Å². The van der Waals surface area contributed by atoms with Crippen molar-refractivity contribution < 1.29 is 9.47 Å². The highest BCUT2D eigenvalue weighted by Crippen LogP contribution is 2.25. The van der Waals surface area contributed by atoms with Gasteiger partial charge in [-0.25, -0.2) is 0 Å². The molecule has 2 aromatic rings. The number of benzene rings is 1. The third-order valence-corrected chi connectivity index (χ3v) is 2.84. The van der Waals surface area contributed by atoms with Gasteiger partial charge < -0.3 is 15.2 Å². The van der Waals surface area contributed by atoms with Gasteiger partial charge in [-0.15, -0.1) is 0 Å². The van der Waals surface area contributed by atoms with Gasteiger partial charge in [0.25, 0.3) is 0 Å². The summed E-state index contributed by atoms with van der Waals surface area (Å²) >= 11 is 0. The van der Waals surface area contributed by atoms with Crippen LogP contribution >= 0.6 is 0 Å². The van der Waals surface area contributed by atoms with Crippen molar-refractivity contribution in [3.63, 3.8) is 0 Å². The number of nitrogens with two attached hydrogens (primary N) is 1. The van der Waals surface area contributed by atoms with Crippen LogP contribution in [-0.4, -0.2) is 23.4 Å². The highest BCUT2D eigenvalue weighted by Gasteiger charge is 2.06. The quantitative estimate of drug-likeness (QED) is 0.856. The predicted octanol–water partition coefficient (Wildman–Crippen LogP) is 1.51. The fourth-order valence-corrected chi connectivity index (χ4v) is 1.87. The standard InChI is InChI=1S/C14H19N3O2/c1-17-9-11(8-16-17)10-19-14-7-13(18-2)4-3-12(14)5-6-15/h3-4,7-9H,5-6,10,15H2,1-2H3. The Morgan fingerprint density at radius 3 is 2.84 bits per heavy atom. The highest BCUT2D eigenvalue weighted by molar-refractivity contribution is 5.41. The minimum absolute atomic E-state index is 0.485. The number of methoxy groups -OCH3 is 1. The second-order valence-corrected chi connectivity index (χ2v) is 4.32. The van der Waals surface area contributed by atoms with E-state index in [2.05, 4.69) is 5.10 Å². The van der Waals surface area contributed by atoms with Crippen molar-refractivity contribution in [1.82, 2.24) is 9.78 Å². The number of hydrogen-bond acceptors (Lipinski definition) is 4. The van der Waals surface area contributed by atoms with E-state index in [1.54, 1.807) is 18.0 Å². The Hall–Kier alpha value is -2.01. The molecule has 0 aliphatic rings. The Morgan fingerprint density at radius 2 is 2.21 bits per heavy atom. The van der Waals surface area contributed by atoms with Gasteiger partial charge >= 0.3 is 0 Å². The van der Waals surface area contributed by atoms with Crippen molar-refractivity contribution >= 4 is 0 Å². The van der Waals surface area contributed by atoms with Crippen LogP contribution in [0.3, 0.4) is 0 Å². The fraction of sp³-hybridized carbons (Fsp3) is 0.357. The van der Waals surface area contributed by atoms with Gasteiger partial charge in [0.1, 0.15) is 18.1 Å². The van der Waals surface area contributed by atoms with Gasteiger partial charge in [-0.05, 0) is 24.6 Å². The van der Waals surface area contributed by atoms with Crippen LogP contribution in [0.1, 0.15) is 11.1 Å². The summed E-state index contributed by atoms with van der Waals surface area (Å²) in [4.78, 5) is 0. The average molecular weight is 261 g/mol. The van der Waals surface area contributed by atoms with Gasteiger partial charge in [0.2, 0.25) is 0 Å². The lowest BCUT2D eigenvalue weighted by Crippen LogP contribution is -2.05. The maximum absolute atomic E-state index is 5.84. The molecule has 0 saturated carbocycles. The van der Waals surface area contributed by atoms with Crippen LogP contribution in [0.25, 0.3) is 0 Å². The third kappa shape index (κ3) is 3.48. The normalized spacial score (nSPS) is 10.5. The topological polar surface area (TPSA) is 62.3 Å². The molecule has 0 bridgehead atoms. The third-order valence-electron chi connectivity index (χ3n) is 2.84. The Kier molecular flexibility index (Phi) is 4.41. The predicted molar refractivity (Wildman–Crippen MR) is 73.3 cm³/mol. The molecule has 2 N–H and O–H groups in total. The first-order chi connectivity index (χ1) is 9.22. The zero-order valence-electron chi connectivity index (χ0n) is 11.3. The second kappa shape index (κ2) is 6.24. The Labute approximate surface area is 112 Å². The molecule has 0 unspecified atom stereocenters. The van der Waals surface area contributed by atoms with Gasteiger partial charge in [0.05, 0.1) is 13.3 Å². The van der Waals surface area contributed by atoms with E-state index in [0.29, 0.717) is 13.2 Å². The lowest BCUT2D eigenvalue weighted by Gasteiger charge is -2.12. The van der Waals surface area contributed by atoms with Crippen LogP contribution in [-0.2, 0) is 20.1 Å². The fourth-order valence-electron chi connectivity index (χ4n) is 1.87. The molecule has 1 aromatic carbocycles. The molecule has 5 nitrogen and oxygen atoms in total. The molecule has 1 aromatic heterocycles. The molecule has 2 rings (SSSR count). The van der Waals surface area contributed by atoms with Crippen LogP contribution in [0.15, 0.2) is 30.6 Å². The molecule has 1 heterocycles. The first-order valence-electron chi connectivity index (χ1n) is 6.20. The van der Waals surface area contributed by atoms with Crippen LogP contribution in [0.4, 0.5) is 0 Å². The molecule has 0 aliphatic heterocycles. The largest absolute Gasteiger partial charge is 0.497 e. The van der Waals surface area contributed by atoms with Crippen LogP contribution in [0.2, 0.25) is 0 Å². The van der Waals surface area contributed by atoms with E-state index in [0.717, 1.165) is 29.0 Å². The van der Waals surface area contributed by atoms with E-state index in [9.17, 15) is 0 Å². The summed E-state index contributed by atoms with van der Waals surface area (Å²) in [6, 6.07) is 5.80. The minimum atomic E-state index is 0.485. The average Bonchev–Trinajstić information content (AvgIpc) is 2.83. The molecule has 102 valence electrons. The van der Waals surface area contributed by atoms with E-state index >= 15 is 0 Å². The van der Waals surface area contributed by atoms with Gasteiger partial charge in [-0.2, -0.15) is 5.10 Å². The summed E-state index contributed by atoms with van der Waals surface area (Å²) < 4.78 is 12.8. The lowest BCUT2D eigenvalue weighted by atomic mass is 10.1. The highest BCUT2D eigenvalue weighted by atomic mass is 16.5. The summed E-state index contributed by atoms with van der Waals surface area (Å²) in [7, 11) is 3.53. The van der Waals surface area contributed by atoms with E-state index in [1.165, 1.54) is 0 Å². The molecule has 0 atom stereocenters. The molecular weight excluding hydrogens is 242 g/mol. The zero-order valence-corrected chi connectivity index (χ0v) is 11.3.